The van der Waals surface area contributed by atoms with Gasteiger partial charge in [0.1, 0.15) is 11.4 Å². The van der Waals surface area contributed by atoms with Gasteiger partial charge in [0.25, 0.3) is 0 Å². The predicted molar refractivity (Wildman–Crippen MR) is 82.6 cm³/mol. The smallest absolute Gasteiger partial charge is 0.410 e. The minimum atomic E-state index is -0.464. The maximum atomic E-state index is 12.2. The Morgan fingerprint density at radius 2 is 2.05 bits per heavy atom. The van der Waals surface area contributed by atoms with Crippen LogP contribution in [0.5, 0.6) is 5.75 Å². The SMILES string of the molecule is CC(C)(C)OC(=O)N1CCCC1CNc1ccc(O)cc1. The van der Waals surface area contributed by atoms with Gasteiger partial charge in [-0.15, -0.1) is 0 Å². The largest absolute Gasteiger partial charge is 0.508 e. The number of benzene rings is 1. The van der Waals surface area contributed by atoms with Gasteiger partial charge in [0.05, 0.1) is 6.04 Å². The van der Waals surface area contributed by atoms with Crippen LogP contribution in [0.2, 0.25) is 0 Å². The molecule has 0 radical (unpaired) electrons. The molecule has 1 atom stereocenters. The van der Waals surface area contributed by atoms with Crippen molar-refractivity contribution >= 4 is 11.8 Å². The fourth-order valence-corrected chi connectivity index (χ4v) is 2.42. The average Bonchev–Trinajstić information content (AvgIpc) is 2.84. The third-order valence-electron chi connectivity index (χ3n) is 3.41. The zero-order valence-corrected chi connectivity index (χ0v) is 12.9. The molecule has 0 aliphatic carbocycles. The van der Waals surface area contributed by atoms with Crippen molar-refractivity contribution in [1.29, 1.82) is 0 Å². The topological polar surface area (TPSA) is 61.8 Å². The molecule has 0 saturated carbocycles. The van der Waals surface area contributed by atoms with Crippen LogP contribution in [-0.4, -0.2) is 40.8 Å². The third kappa shape index (κ3) is 4.55. The molecule has 1 aliphatic heterocycles. The van der Waals surface area contributed by atoms with Crippen LogP contribution in [0.4, 0.5) is 10.5 Å². The van der Waals surface area contributed by atoms with Crippen LogP contribution in [0, 0.1) is 0 Å². The summed E-state index contributed by atoms with van der Waals surface area (Å²) in [6, 6.07) is 7.07. The van der Waals surface area contributed by atoms with E-state index in [1.807, 2.05) is 32.9 Å². The minimum Gasteiger partial charge on any atom is -0.508 e. The van der Waals surface area contributed by atoms with E-state index in [9.17, 15) is 9.90 Å². The van der Waals surface area contributed by atoms with Crippen molar-refractivity contribution in [1.82, 2.24) is 4.90 Å². The first kappa shape index (κ1) is 15.5. The Morgan fingerprint density at radius 1 is 1.38 bits per heavy atom. The maximum absolute atomic E-state index is 12.2. The number of rotatable bonds is 3. The van der Waals surface area contributed by atoms with E-state index < -0.39 is 5.60 Å². The first-order valence-corrected chi connectivity index (χ1v) is 7.38. The van der Waals surface area contributed by atoms with Crippen LogP contribution in [0.25, 0.3) is 0 Å². The van der Waals surface area contributed by atoms with Crippen LogP contribution < -0.4 is 5.32 Å². The average molecular weight is 292 g/mol. The fraction of sp³-hybridized carbons (Fsp3) is 0.562. The first-order valence-electron chi connectivity index (χ1n) is 7.38. The molecule has 21 heavy (non-hydrogen) atoms. The molecular formula is C16H24N2O3. The lowest BCUT2D eigenvalue weighted by atomic mass is 10.2. The summed E-state index contributed by atoms with van der Waals surface area (Å²) in [4.78, 5) is 14.0. The Balaban J connectivity index is 1.90. The van der Waals surface area contributed by atoms with Gasteiger partial charge < -0.3 is 20.1 Å². The molecule has 0 bridgehead atoms. The molecule has 0 aromatic heterocycles. The summed E-state index contributed by atoms with van der Waals surface area (Å²) in [6.45, 7) is 7.07. The summed E-state index contributed by atoms with van der Waals surface area (Å²) in [5.41, 5.74) is 0.470. The molecule has 1 aliphatic rings. The van der Waals surface area contributed by atoms with Crippen molar-refractivity contribution in [3.63, 3.8) is 0 Å². The Bertz CT molecular complexity index is 479. The Kier molecular flexibility index (Phi) is 4.60. The van der Waals surface area contributed by atoms with Crippen molar-refractivity contribution in [2.45, 2.75) is 45.3 Å². The standard InChI is InChI=1S/C16H24N2O3/c1-16(2,3)21-15(20)18-10-4-5-13(18)11-17-12-6-8-14(19)9-7-12/h6-9,13,17,19H,4-5,10-11H2,1-3H3. The quantitative estimate of drug-likeness (QED) is 0.840. The van der Waals surface area contributed by atoms with Gasteiger partial charge in [-0.1, -0.05) is 0 Å². The summed E-state index contributed by atoms with van der Waals surface area (Å²) in [5.74, 6) is 0.247. The van der Waals surface area contributed by atoms with E-state index in [1.165, 1.54) is 0 Å². The first-order chi connectivity index (χ1) is 9.85. The molecule has 5 nitrogen and oxygen atoms in total. The normalized spacial score (nSPS) is 18.6. The van der Waals surface area contributed by atoms with Crippen LogP contribution in [0.1, 0.15) is 33.6 Å². The van der Waals surface area contributed by atoms with E-state index in [4.69, 9.17) is 4.74 Å². The lowest BCUT2D eigenvalue weighted by Crippen LogP contribution is -2.42. The van der Waals surface area contributed by atoms with E-state index >= 15 is 0 Å². The highest BCUT2D eigenvalue weighted by molar-refractivity contribution is 5.69. The highest BCUT2D eigenvalue weighted by Gasteiger charge is 2.31. The van der Waals surface area contributed by atoms with Crippen molar-refractivity contribution in [3.05, 3.63) is 24.3 Å². The predicted octanol–water partition coefficient (Wildman–Crippen LogP) is 3.20. The molecule has 1 unspecified atom stereocenters. The van der Waals surface area contributed by atoms with Crippen LogP contribution in [0.3, 0.4) is 0 Å². The summed E-state index contributed by atoms with van der Waals surface area (Å²) in [6.07, 6.45) is 1.74. The molecule has 2 rings (SSSR count). The minimum absolute atomic E-state index is 0.147. The maximum Gasteiger partial charge on any atom is 0.410 e. The molecule has 1 saturated heterocycles. The number of aromatic hydroxyl groups is 1. The van der Waals surface area contributed by atoms with Crippen LogP contribution >= 0.6 is 0 Å². The third-order valence-corrected chi connectivity index (χ3v) is 3.41. The van der Waals surface area contributed by atoms with Crippen molar-refractivity contribution < 1.29 is 14.6 Å². The monoisotopic (exact) mass is 292 g/mol. The number of hydrogen-bond donors (Lipinski definition) is 2. The number of nitrogens with one attached hydrogen (secondary N) is 1. The fourth-order valence-electron chi connectivity index (χ4n) is 2.42. The molecule has 1 fully saturated rings. The molecule has 2 N–H and O–H groups in total. The highest BCUT2D eigenvalue weighted by Crippen LogP contribution is 2.22. The summed E-state index contributed by atoms with van der Waals surface area (Å²) in [5, 5.41) is 12.6. The second kappa shape index (κ2) is 6.24. The lowest BCUT2D eigenvalue weighted by Gasteiger charge is -2.28. The number of likely N-dealkylation sites (tertiary alicyclic amines) is 1. The van der Waals surface area contributed by atoms with E-state index in [-0.39, 0.29) is 17.9 Å². The number of amides is 1. The Labute approximate surface area is 125 Å². The van der Waals surface area contributed by atoms with Crippen molar-refractivity contribution in [3.8, 4) is 5.75 Å². The number of phenolic OH excluding ortho intramolecular Hbond substituents is 1. The van der Waals surface area contributed by atoms with Gasteiger partial charge in [0.15, 0.2) is 0 Å². The second-order valence-electron chi connectivity index (χ2n) is 6.40. The molecule has 1 aromatic carbocycles. The van der Waals surface area contributed by atoms with E-state index in [0.29, 0.717) is 6.54 Å². The van der Waals surface area contributed by atoms with Gasteiger partial charge >= 0.3 is 6.09 Å². The molecule has 116 valence electrons. The molecule has 1 heterocycles. The number of hydrogen-bond acceptors (Lipinski definition) is 4. The van der Waals surface area contributed by atoms with Gasteiger partial charge in [-0.25, -0.2) is 4.79 Å². The molecule has 1 amide bonds. The molecule has 0 spiro atoms. The number of nitrogens with zero attached hydrogens (tertiary/aromatic N) is 1. The zero-order chi connectivity index (χ0) is 15.5. The van der Waals surface area contributed by atoms with Crippen molar-refractivity contribution in [2.24, 2.45) is 0 Å². The number of ether oxygens (including phenoxy) is 1. The van der Waals surface area contributed by atoms with E-state index in [2.05, 4.69) is 5.32 Å². The van der Waals surface area contributed by atoms with Gasteiger partial charge in [-0.2, -0.15) is 0 Å². The van der Waals surface area contributed by atoms with Gasteiger partial charge in [-0.05, 0) is 57.9 Å². The lowest BCUT2D eigenvalue weighted by molar-refractivity contribution is 0.0235. The van der Waals surface area contributed by atoms with E-state index in [0.717, 1.165) is 25.1 Å². The van der Waals surface area contributed by atoms with Crippen LogP contribution in [-0.2, 0) is 4.74 Å². The summed E-state index contributed by atoms with van der Waals surface area (Å²) < 4.78 is 5.45. The molecular weight excluding hydrogens is 268 g/mol. The molecule has 1 aromatic rings. The second-order valence-corrected chi connectivity index (χ2v) is 6.40. The number of carbonyl (C=O) groups excluding carboxylic acids is 1. The summed E-state index contributed by atoms with van der Waals surface area (Å²) in [7, 11) is 0. The number of phenols is 1. The summed E-state index contributed by atoms with van der Waals surface area (Å²) >= 11 is 0. The Hall–Kier alpha value is -1.91. The van der Waals surface area contributed by atoms with Crippen LogP contribution in [0.15, 0.2) is 24.3 Å². The van der Waals surface area contributed by atoms with Gasteiger partial charge in [-0.3, -0.25) is 0 Å². The van der Waals surface area contributed by atoms with Gasteiger partial charge in [0.2, 0.25) is 0 Å². The highest BCUT2D eigenvalue weighted by atomic mass is 16.6. The van der Waals surface area contributed by atoms with E-state index in [1.54, 1.807) is 17.0 Å². The number of anilines is 1. The Morgan fingerprint density at radius 3 is 2.67 bits per heavy atom. The zero-order valence-electron chi connectivity index (χ0n) is 12.9. The van der Waals surface area contributed by atoms with Crippen molar-refractivity contribution in [2.75, 3.05) is 18.4 Å². The van der Waals surface area contributed by atoms with Gasteiger partial charge in [0, 0.05) is 18.8 Å². The molecule has 5 heteroatoms. The number of carbonyl (C=O) groups is 1.